The molecule has 0 radical (unpaired) electrons. The van der Waals surface area contributed by atoms with Gasteiger partial charge in [-0.15, -0.1) is 0 Å². The number of carboxylic acid groups (broad SMARTS) is 1. The summed E-state index contributed by atoms with van der Waals surface area (Å²) in [5.41, 5.74) is 2.45. The van der Waals surface area contributed by atoms with Crippen molar-refractivity contribution in [3.8, 4) is 0 Å². The van der Waals surface area contributed by atoms with Crippen LogP contribution in [0.25, 0.3) is 0 Å². The fourth-order valence-corrected chi connectivity index (χ4v) is 2.55. The Balaban J connectivity index is 2.39. The predicted molar refractivity (Wildman–Crippen MR) is 92.0 cm³/mol. The Labute approximate surface area is 147 Å². The van der Waals surface area contributed by atoms with Gasteiger partial charge in [-0.25, -0.2) is 10.3 Å². The van der Waals surface area contributed by atoms with Crippen LogP contribution in [0.5, 0.6) is 0 Å². The lowest BCUT2D eigenvalue weighted by Crippen LogP contribution is -2.43. The number of hydrogen-bond donors (Lipinski definition) is 3. The number of carbonyl (C=O) groups excluding carboxylic acids is 2. The van der Waals surface area contributed by atoms with E-state index in [0.29, 0.717) is 12.8 Å². The van der Waals surface area contributed by atoms with Crippen LogP contribution >= 0.6 is 0 Å². The summed E-state index contributed by atoms with van der Waals surface area (Å²) in [5, 5.41) is 17.8. The van der Waals surface area contributed by atoms with Crippen molar-refractivity contribution in [2.24, 2.45) is 0 Å². The second-order valence-electron chi connectivity index (χ2n) is 6.00. The largest absolute Gasteiger partial charge is 0.480 e. The van der Waals surface area contributed by atoms with E-state index in [9.17, 15) is 19.5 Å². The number of benzene rings is 1. The van der Waals surface area contributed by atoms with Crippen LogP contribution in [0.15, 0.2) is 30.3 Å². The molecular weight excluding hydrogens is 324 g/mol. The number of hydrogen-bond acceptors (Lipinski definition) is 4. The van der Waals surface area contributed by atoms with Crippen LogP contribution in [0.2, 0.25) is 0 Å². The molecule has 0 bridgehead atoms. The first-order valence-electron chi connectivity index (χ1n) is 8.41. The van der Waals surface area contributed by atoms with Crippen molar-refractivity contribution in [2.45, 2.75) is 51.0 Å². The molecule has 0 saturated carbocycles. The first kappa shape index (κ1) is 20.6. The van der Waals surface area contributed by atoms with Gasteiger partial charge in [0, 0.05) is 26.3 Å². The van der Waals surface area contributed by atoms with Gasteiger partial charge in [-0.2, -0.15) is 0 Å². The van der Waals surface area contributed by atoms with Crippen LogP contribution in [-0.2, 0) is 20.8 Å². The molecule has 1 aromatic carbocycles. The molecule has 0 spiro atoms. The number of rotatable bonds is 11. The Morgan fingerprint density at radius 2 is 1.64 bits per heavy atom. The predicted octanol–water partition coefficient (Wildman–Crippen LogP) is 1.99. The average molecular weight is 350 g/mol. The van der Waals surface area contributed by atoms with Crippen LogP contribution in [0, 0.1) is 0 Å². The summed E-state index contributed by atoms with van der Waals surface area (Å²) >= 11 is 0. The molecule has 0 aliphatic heterocycles. The Morgan fingerprint density at radius 3 is 2.20 bits per heavy atom. The summed E-state index contributed by atoms with van der Waals surface area (Å²) in [4.78, 5) is 35.9. The number of amides is 2. The summed E-state index contributed by atoms with van der Waals surface area (Å²) in [6.07, 6.45) is 3.63. The SMILES string of the molecule is CN(C(=O)CCCCCCC(=O)NO)C(Cc1ccccc1)C(=O)O. The Morgan fingerprint density at radius 1 is 1.04 bits per heavy atom. The van der Waals surface area contributed by atoms with Crippen LogP contribution < -0.4 is 5.48 Å². The second-order valence-corrected chi connectivity index (χ2v) is 6.00. The molecule has 0 heterocycles. The number of hydroxylamine groups is 1. The highest BCUT2D eigenvalue weighted by Crippen LogP contribution is 2.12. The van der Waals surface area contributed by atoms with E-state index >= 15 is 0 Å². The third-order valence-electron chi connectivity index (χ3n) is 4.09. The first-order chi connectivity index (χ1) is 12.0. The molecule has 1 atom stereocenters. The highest BCUT2D eigenvalue weighted by Gasteiger charge is 2.26. The van der Waals surface area contributed by atoms with Gasteiger partial charge in [0.1, 0.15) is 6.04 Å². The summed E-state index contributed by atoms with van der Waals surface area (Å²) in [6, 6.07) is 8.34. The van der Waals surface area contributed by atoms with E-state index in [1.165, 1.54) is 11.9 Å². The van der Waals surface area contributed by atoms with Crippen molar-refractivity contribution in [3.63, 3.8) is 0 Å². The van der Waals surface area contributed by atoms with E-state index in [1.807, 2.05) is 30.3 Å². The molecule has 0 fully saturated rings. The minimum atomic E-state index is -1.02. The summed E-state index contributed by atoms with van der Waals surface area (Å²) < 4.78 is 0. The smallest absolute Gasteiger partial charge is 0.326 e. The molecule has 0 aliphatic carbocycles. The lowest BCUT2D eigenvalue weighted by molar-refractivity contribution is -0.149. The minimum Gasteiger partial charge on any atom is -0.480 e. The van der Waals surface area contributed by atoms with E-state index < -0.39 is 17.9 Å². The normalized spacial score (nSPS) is 11.6. The molecule has 2 amide bonds. The molecule has 1 aromatic rings. The molecule has 1 unspecified atom stereocenters. The van der Waals surface area contributed by atoms with Gasteiger partial charge in [0.25, 0.3) is 0 Å². The number of unbranched alkanes of at least 4 members (excludes halogenated alkanes) is 3. The van der Waals surface area contributed by atoms with Crippen molar-refractivity contribution in [3.05, 3.63) is 35.9 Å². The van der Waals surface area contributed by atoms with Crippen molar-refractivity contribution in [2.75, 3.05) is 7.05 Å². The number of carboxylic acids is 1. The maximum Gasteiger partial charge on any atom is 0.326 e. The fraction of sp³-hybridized carbons (Fsp3) is 0.500. The number of likely N-dealkylation sites (N-methyl/N-ethyl adjacent to an activating group) is 1. The second kappa shape index (κ2) is 11.2. The van der Waals surface area contributed by atoms with Gasteiger partial charge in [-0.1, -0.05) is 43.2 Å². The van der Waals surface area contributed by atoms with Gasteiger partial charge in [0.15, 0.2) is 0 Å². The molecule has 25 heavy (non-hydrogen) atoms. The highest BCUT2D eigenvalue weighted by atomic mass is 16.5. The maximum atomic E-state index is 12.2. The molecule has 0 saturated heterocycles. The number of carbonyl (C=O) groups is 3. The van der Waals surface area contributed by atoms with Gasteiger partial charge in [-0.3, -0.25) is 14.8 Å². The van der Waals surface area contributed by atoms with E-state index in [-0.39, 0.29) is 25.2 Å². The molecular formula is C18H26N2O5. The monoisotopic (exact) mass is 350 g/mol. The standard InChI is InChI=1S/C18H26N2O5/c1-20(15(18(23)24)13-14-9-5-4-6-10-14)17(22)12-8-3-2-7-11-16(21)19-25/h4-6,9-10,15,25H,2-3,7-8,11-13H2,1H3,(H,19,21)(H,23,24). The number of nitrogens with one attached hydrogen (secondary N) is 1. The van der Waals surface area contributed by atoms with Gasteiger partial charge < -0.3 is 10.0 Å². The molecule has 1 rings (SSSR count). The van der Waals surface area contributed by atoms with E-state index in [2.05, 4.69) is 0 Å². The van der Waals surface area contributed by atoms with E-state index in [4.69, 9.17) is 5.21 Å². The molecule has 7 heteroatoms. The van der Waals surface area contributed by atoms with Crippen LogP contribution in [0.3, 0.4) is 0 Å². The number of nitrogens with zero attached hydrogens (tertiary/aromatic N) is 1. The lowest BCUT2D eigenvalue weighted by Gasteiger charge is -2.25. The minimum absolute atomic E-state index is 0.198. The van der Waals surface area contributed by atoms with E-state index in [1.54, 1.807) is 5.48 Å². The van der Waals surface area contributed by atoms with Crippen LogP contribution in [-0.4, -0.2) is 46.1 Å². The van der Waals surface area contributed by atoms with E-state index in [0.717, 1.165) is 18.4 Å². The topological polar surface area (TPSA) is 107 Å². The first-order valence-corrected chi connectivity index (χ1v) is 8.41. The van der Waals surface area contributed by atoms with Crippen molar-refractivity contribution >= 4 is 17.8 Å². The molecule has 7 nitrogen and oxygen atoms in total. The Kier molecular flexibility index (Phi) is 9.24. The van der Waals surface area contributed by atoms with Crippen LogP contribution in [0.1, 0.15) is 44.1 Å². The zero-order valence-electron chi connectivity index (χ0n) is 14.5. The van der Waals surface area contributed by atoms with Crippen molar-refractivity contribution in [1.29, 1.82) is 0 Å². The third-order valence-corrected chi connectivity index (χ3v) is 4.09. The third kappa shape index (κ3) is 7.80. The van der Waals surface area contributed by atoms with Gasteiger partial charge >= 0.3 is 5.97 Å². The summed E-state index contributed by atoms with van der Waals surface area (Å²) in [7, 11) is 1.52. The zero-order chi connectivity index (χ0) is 18.7. The summed E-state index contributed by atoms with van der Waals surface area (Å²) in [6.45, 7) is 0. The van der Waals surface area contributed by atoms with Gasteiger partial charge in [-0.05, 0) is 18.4 Å². The fourth-order valence-electron chi connectivity index (χ4n) is 2.55. The van der Waals surface area contributed by atoms with Crippen molar-refractivity contribution in [1.82, 2.24) is 10.4 Å². The molecule has 0 aromatic heterocycles. The zero-order valence-corrected chi connectivity index (χ0v) is 14.5. The van der Waals surface area contributed by atoms with Crippen LogP contribution in [0.4, 0.5) is 0 Å². The lowest BCUT2D eigenvalue weighted by atomic mass is 10.0. The maximum absolute atomic E-state index is 12.2. The molecule has 138 valence electrons. The quantitative estimate of drug-likeness (QED) is 0.321. The van der Waals surface area contributed by atoms with Gasteiger partial charge in [0.05, 0.1) is 0 Å². The van der Waals surface area contributed by atoms with Crippen molar-refractivity contribution < 1.29 is 24.7 Å². The summed E-state index contributed by atoms with van der Waals surface area (Å²) in [5.74, 6) is -1.63. The Hall–Kier alpha value is -2.41. The molecule has 0 aliphatic rings. The molecule has 3 N–H and O–H groups in total. The average Bonchev–Trinajstić information content (AvgIpc) is 2.62. The number of aliphatic carboxylic acids is 1. The Bertz CT molecular complexity index is 562. The highest BCUT2D eigenvalue weighted by molar-refractivity contribution is 5.83. The van der Waals surface area contributed by atoms with Gasteiger partial charge in [0.2, 0.25) is 11.8 Å².